The van der Waals surface area contributed by atoms with Gasteiger partial charge >= 0.3 is 0 Å². The fraction of sp³-hybridized carbons (Fsp3) is 0. The van der Waals surface area contributed by atoms with Crippen molar-refractivity contribution in [2.24, 2.45) is 5.50 Å². The van der Waals surface area contributed by atoms with Crippen molar-refractivity contribution in [3.63, 3.8) is 0 Å². The van der Waals surface area contributed by atoms with Crippen LogP contribution in [0.1, 0.15) is 5.56 Å². The van der Waals surface area contributed by atoms with E-state index in [0.717, 1.165) is 16.6 Å². The molecule has 0 unspecified atom stereocenters. The minimum absolute atomic E-state index is 1.05. The quantitative estimate of drug-likeness (QED) is 0.409. The van der Waals surface area contributed by atoms with Crippen molar-refractivity contribution >= 4 is 36.4 Å². The Hall–Kier alpha value is -2.22. The van der Waals surface area contributed by atoms with Crippen LogP contribution in [0.3, 0.4) is 0 Å². The van der Waals surface area contributed by atoms with Crippen LogP contribution in [0.25, 0.3) is 27.9 Å². The molecule has 1 heterocycles. The third kappa shape index (κ3) is 3.88. The van der Waals surface area contributed by atoms with Crippen molar-refractivity contribution in [2.75, 3.05) is 0 Å². The summed E-state index contributed by atoms with van der Waals surface area (Å²) in [5.74, 6) is 0. The van der Waals surface area contributed by atoms with Crippen LogP contribution in [0.5, 0.6) is 0 Å². The lowest BCUT2D eigenvalue weighted by Crippen LogP contribution is -1.78. The summed E-state index contributed by atoms with van der Waals surface area (Å²) in [5.41, 5.74) is 7.60. The Kier molecular flexibility index (Phi) is 5.04. The number of hydrogen-bond donors (Lipinski definition) is 4. The van der Waals surface area contributed by atoms with Crippen molar-refractivity contribution in [2.45, 2.75) is 0 Å². The number of benzene rings is 2. The van der Waals surface area contributed by atoms with E-state index in [-0.39, 0.29) is 0 Å². The molecule has 2 aromatic carbocycles. The summed E-state index contributed by atoms with van der Waals surface area (Å²) in [6.45, 7) is 0. The molecule has 0 atom stereocenters. The molecule has 0 aliphatic heterocycles. The SMILES string of the molecule is N#CC=Cc1ccc2[nH]c3ccccc3c2c1.NP(O)O. The molecular formula is C15H14N3O2P. The van der Waals surface area contributed by atoms with Gasteiger partial charge in [-0.2, -0.15) is 5.26 Å². The van der Waals surface area contributed by atoms with E-state index in [9.17, 15) is 0 Å². The number of nitrogens with zero attached hydrogens (tertiary/aromatic N) is 1. The van der Waals surface area contributed by atoms with Crippen molar-refractivity contribution < 1.29 is 9.79 Å². The molecule has 1 aromatic heterocycles. The van der Waals surface area contributed by atoms with Gasteiger partial charge in [0.1, 0.15) is 0 Å². The molecule has 0 radical (unpaired) electrons. The summed E-state index contributed by atoms with van der Waals surface area (Å²) in [6.07, 6.45) is 3.32. The Bertz CT molecular complexity index is 816. The van der Waals surface area contributed by atoms with Crippen molar-refractivity contribution in [3.8, 4) is 6.07 Å². The predicted octanol–water partition coefficient (Wildman–Crippen LogP) is 3.01. The number of hydrogen-bond acceptors (Lipinski definition) is 4. The van der Waals surface area contributed by atoms with Gasteiger partial charge in [0.05, 0.1) is 6.07 Å². The first-order chi connectivity index (χ1) is 10.1. The average molecular weight is 299 g/mol. The largest absolute Gasteiger partial charge is 0.355 e. The summed E-state index contributed by atoms with van der Waals surface area (Å²) in [5, 5.41) is 10.9. The lowest BCUT2D eigenvalue weighted by molar-refractivity contribution is 0.485. The van der Waals surface area contributed by atoms with Gasteiger partial charge in [0, 0.05) is 27.9 Å². The Labute approximate surface area is 122 Å². The Morgan fingerprint density at radius 2 is 1.76 bits per heavy atom. The fourth-order valence-electron chi connectivity index (χ4n) is 2.10. The second-order valence-electron chi connectivity index (χ2n) is 4.26. The van der Waals surface area contributed by atoms with Crippen molar-refractivity contribution in [1.82, 2.24) is 4.98 Å². The highest BCUT2D eigenvalue weighted by atomic mass is 31.2. The topological polar surface area (TPSA) is 106 Å². The second-order valence-corrected chi connectivity index (χ2v) is 4.90. The highest BCUT2D eigenvalue weighted by molar-refractivity contribution is 7.42. The molecule has 0 aliphatic carbocycles. The third-order valence-corrected chi connectivity index (χ3v) is 2.88. The van der Waals surface area contributed by atoms with Gasteiger partial charge in [-0.15, -0.1) is 0 Å². The van der Waals surface area contributed by atoms with E-state index >= 15 is 0 Å². The maximum atomic E-state index is 8.53. The van der Waals surface area contributed by atoms with Gasteiger partial charge in [-0.3, -0.25) is 5.50 Å². The normalized spacial score (nSPS) is 10.8. The molecule has 5 N–H and O–H groups in total. The average Bonchev–Trinajstić information content (AvgIpc) is 2.82. The minimum Gasteiger partial charge on any atom is -0.355 e. The van der Waals surface area contributed by atoms with Crippen molar-refractivity contribution in [3.05, 3.63) is 54.1 Å². The van der Waals surface area contributed by atoms with Crippen LogP contribution in [-0.2, 0) is 0 Å². The molecule has 0 fully saturated rings. The van der Waals surface area contributed by atoms with E-state index < -0.39 is 8.53 Å². The second kappa shape index (κ2) is 6.98. The summed E-state index contributed by atoms with van der Waals surface area (Å²) in [7, 11) is -2.12. The smallest absolute Gasteiger partial charge is 0.247 e. The van der Waals surface area contributed by atoms with Gasteiger partial charge in [-0.05, 0) is 29.8 Å². The zero-order valence-electron chi connectivity index (χ0n) is 11.1. The van der Waals surface area contributed by atoms with Gasteiger partial charge in [0.15, 0.2) is 0 Å². The number of H-pyrrole nitrogens is 1. The molecule has 0 amide bonds. The number of aromatic nitrogens is 1. The molecule has 21 heavy (non-hydrogen) atoms. The molecule has 0 bridgehead atoms. The lowest BCUT2D eigenvalue weighted by atomic mass is 10.1. The molecular weight excluding hydrogens is 285 g/mol. The Balaban J connectivity index is 0.000000361. The third-order valence-electron chi connectivity index (χ3n) is 2.88. The van der Waals surface area contributed by atoms with Gasteiger partial charge in [0.25, 0.3) is 0 Å². The number of nitriles is 1. The van der Waals surface area contributed by atoms with Crippen LogP contribution < -0.4 is 5.50 Å². The summed E-state index contributed by atoms with van der Waals surface area (Å²) in [4.78, 5) is 18.3. The number of aromatic amines is 1. The van der Waals surface area contributed by atoms with Crippen LogP contribution in [0, 0.1) is 11.3 Å². The number of nitrogens with two attached hydrogens (primary N) is 1. The summed E-state index contributed by atoms with van der Waals surface area (Å²) >= 11 is 0. The van der Waals surface area contributed by atoms with Gasteiger partial charge < -0.3 is 14.8 Å². The molecule has 6 heteroatoms. The first kappa shape index (κ1) is 15.2. The van der Waals surface area contributed by atoms with Gasteiger partial charge in [0.2, 0.25) is 8.53 Å². The van der Waals surface area contributed by atoms with E-state index in [2.05, 4.69) is 28.7 Å². The maximum Gasteiger partial charge on any atom is 0.247 e. The van der Waals surface area contributed by atoms with Crippen LogP contribution >= 0.6 is 8.53 Å². The fourth-order valence-corrected chi connectivity index (χ4v) is 2.10. The van der Waals surface area contributed by atoms with Crippen LogP contribution in [0.2, 0.25) is 0 Å². The van der Waals surface area contributed by atoms with E-state index in [1.165, 1.54) is 16.8 Å². The molecule has 0 saturated heterocycles. The summed E-state index contributed by atoms with van der Waals surface area (Å²) < 4.78 is 0. The molecule has 3 rings (SSSR count). The highest BCUT2D eigenvalue weighted by Crippen LogP contribution is 2.26. The zero-order chi connectivity index (χ0) is 15.2. The van der Waals surface area contributed by atoms with E-state index in [0.29, 0.717) is 0 Å². The maximum absolute atomic E-state index is 8.53. The Morgan fingerprint density at radius 1 is 1.10 bits per heavy atom. The molecule has 3 aromatic rings. The number of allylic oxidation sites excluding steroid dienone is 1. The highest BCUT2D eigenvalue weighted by Gasteiger charge is 2.02. The molecule has 0 aliphatic rings. The number of para-hydroxylation sites is 1. The van der Waals surface area contributed by atoms with E-state index in [1.54, 1.807) is 0 Å². The minimum atomic E-state index is -2.12. The standard InChI is InChI=1S/C15H10N2.H4NO2P/c16-9-3-4-11-7-8-15-13(10-11)12-5-1-2-6-14(12)17-15;1-4(2)3/h1-8,10,17H;2-3H,1H2. The zero-order valence-corrected chi connectivity index (χ0v) is 12.0. The van der Waals surface area contributed by atoms with E-state index in [1.807, 2.05) is 36.4 Å². The number of nitrogens with one attached hydrogen (secondary N) is 1. The number of fused-ring (bicyclic) bond motifs is 3. The van der Waals surface area contributed by atoms with Crippen LogP contribution in [0.4, 0.5) is 0 Å². The predicted molar refractivity (Wildman–Crippen MR) is 86.0 cm³/mol. The Morgan fingerprint density at radius 3 is 2.48 bits per heavy atom. The molecule has 0 saturated carbocycles. The summed E-state index contributed by atoms with van der Waals surface area (Å²) in [6, 6.07) is 16.4. The monoisotopic (exact) mass is 299 g/mol. The lowest BCUT2D eigenvalue weighted by Gasteiger charge is -1.94. The van der Waals surface area contributed by atoms with E-state index in [4.69, 9.17) is 15.0 Å². The van der Waals surface area contributed by atoms with Gasteiger partial charge in [-0.25, -0.2) is 0 Å². The molecule has 0 spiro atoms. The first-order valence-electron chi connectivity index (χ1n) is 6.11. The van der Waals surface area contributed by atoms with Crippen LogP contribution in [0.15, 0.2) is 48.5 Å². The molecule has 5 nitrogen and oxygen atoms in total. The number of rotatable bonds is 1. The first-order valence-corrected chi connectivity index (χ1v) is 7.42. The van der Waals surface area contributed by atoms with Gasteiger partial charge in [-0.1, -0.05) is 24.3 Å². The van der Waals surface area contributed by atoms with Crippen molar-refractivity contribution in [1.29, 1.82) is 5.26 Å². The van der Waals surface area contributed by atoms with Crippen LogP contribution in [-0.4, -0.2) is 14.8 Å². The molecule has 106 valence electrons.